The third kappa shape index (κ3) is 5.19. The molecule has 19 heavy (non-hydrogen) atoms. The van der Waals surface area contributed by atoms with E-state index in [9.17, 15) is 13.6 Å². The Morgan fingerprint density at radius 3 is 2.42 bits per heavy atom. The third-order valence-corrected chi connectivity index (χ3v) is 3.71. The summed E-state index contributed by atoms with van der Waals surface area (Å²) in [5, 5.41) is 5.47. The highest BCUT2D eigenvalue weighted by Crippen LogP contribution is 2.27. The number of rotatable bonds is 5. The molecule has 0 aromatic heterocycles. The molecule has 0 bridgehead atoms. The van der Waals surface area contributed by atoms with Gasteiger partial charge in [0.05, 0.1) is 10.1 Å². The number of carbonyl (C=O) groups is 1. The summed E-state index contributed by atoms with van der Waals surface area (Å²) in [5.74, 6) is -0.949. The van der Waals surface area contributed by atoms with Gasteiger partial charge < -0.3 is 10.6 Å². The SMILES string of the molecule is Cl.O=C(CNCC1CC1)Nc1cc(F)c(I)c(F)c1. The number of carbonyl (C=O) groups excluding carboxylic acids is 1. The molecular formula is C12H14ClF2IN2O. The molecule has 0 aliphatic heterocycles. The van der Waals surface area contributed by atoms with Crippen molar-refractivity contribution in [2.45, 2.75) is 12.8 Å². The monoisotopic (exact) mass is 402 g/mol. The summed E-state index contributed by atoms with van der Waals surface area (Å²) in [6.45, 7) is 0.981. The second-order valence-corrected chi connectivity index (χ2v) is 5.46. The fourth-order valence-electron chi connectivity index (χ4n) is 1.54. The molecule has 1 fully saturated rings. The molecule has 106 valence electrons. The molecule has 0 atom stereocenters. The molecule has 2 rings (SSSR count). The minimum atomic E-state index is -0.670. The van der Waals surface area contributed by atoms with Crippen molar-refractivity contribution in [2.24, 2.45) is 5.92 Å². The highest BCUT2D eigenvalue weighted by Gasteiger charge is 2.20. The van der Waals surface area contributed by atoms with Crippen LogP contribution in [0.2, 0.25) is 0 Å². The Balaban J connectivity index is 0.00000180. The van der Waals surface area contributed by atoms with Crippen LogP contribution < -0.4 is 10.6 Å². The van der Waals surface area contributed by atoms with Crippen LogP contribution >= 0.6 is 35.0 Å². The first-order valence-electron chi connectivity index (χ1n) is 5.71. The summed E-state index contributed by atoms with van der Waals surface area (Å²) >= 11 is 1.58. The topological polar surface area (TPSA) is 41.1 Å². The van der Waals surface area contributed by atoms with Crippen LogP contribution in [0, 0.1) is 21.1 Å². The maximum atomic E-state index is 13.2. The van der Waals surface area contributed by atoms with Crippen molar-refractivity contribution in [3.05, 3.63) is 27.3 Å². The van der Waals surface area contributed by atoms with E-state index in [0.29, 0.717) is 5.92 Å². The van der Waals surface area contributed by atoms with Crippen LogP contribution in [-0.2, 0) is 4.79 Å². The second-order valence-electron chi connectivity index (χ2n) is 4.38. The molecule has 7 heteroatoms. The van der Waals surface area contributed by atoms with Crippen molar-refractivity contribution >= 4 is 46.6 Å². The molecule has 1 aliphatic carbocycles. The van der Waals surface area contributed by atoms with Crippen LogP contribution in [0.25, 0.3) is 0 Å². The Morgan fingerprint density at radius 1 is 1.32 bits per heavy atom. The van der Waals surface area contributed by atoms with Gasteiger partial charge in [-0.1, -0.05) is 0 Å². The zero-order valence-corrected chi connectivity index (χ0v) is 13.0. The fraction of sp³-hybridized carbons (Fsp3) is 0.417. The van der Waals surface area contributed by atoms with Crippen LogP contribution in [0.15, 0.2) is 12.1 Å². The summed E-state index contributed by atoms with van der Waals surface area (Å²) in [6.07, 6.45) is 2.42. The summed E-state index contributed by atoms with van der Waals surface area (Å²) in [6, 6.07) is 2.23. The van der Waals surface area contributed by atoms with E-state index in [1.165, 1.54) is 12.8 Å². The first-order chi connectivity index (χ1) is 8.56. The van der Waals surface area contributed by atoms with Gasteiger partial charge in [0.15, 0.2) is 0 Å². The Kier molecular flexibility index (Phi) is 6.41. The van der Waals surface area contributed by atoms with Gasteiger partial charge in [-0.05, 0) is 60.0 Å². The van der Waals surface area contributed by atoms with Crippen molar-refractivity contribution in [2.75, 3.05) is 18.4 Å². The van der Waals surface area contributed by atoms with E-state index in [4.69, 9.17) is 0 Å². The molecule has 0 unspecified atom stereocenters. The van der Waals surface area contributed by atoms with E-state index in [1.54, 1.807) is 22.6 Å². The molecule has 0 radical (unpaired) electrons. The first kappa shape index (κ1) is 16.6. The van der Waals surface area contributed by atoms with Gasteiger partial charge in [0, 0.05) is 5.69 Å². The van der Waals surface area contributed by atoms with E-state index < -0.39 is 11.6 Å². The van der Waals surface area contributed by atoms with Gasteiger partial charge in [-0.3, -0.25) is 4.79 Å². The van der Waals surface area contributed by atoms with Gasteiger partial charge in [0.1, 0.15) is 11.6 Å². The average Bonchev–Trinajstić information content (AvgIpc) is 3.09. The lowest BCUT2D eigenvalue weighted by Gasteiger charge is -2.07. The van der Waals surface area contributed by atoms with Crippen LogP contribution in [-0.4, -0.2) is 19.0 Å². The van der Waals surface area contributed by atoms with Crippen molar-refractivity contribution < 1.29 is 13.6 Å². The molecular weight excluding hydrogens is 388 g/mol. The number of anilines is 1. The molecule has 0 heterocycles. The Bertz CT molecular complexity index is 446. The number of hydrogen-bond acceptors (Lipinski definition) is 2. The number of amides is 1. The van der Waals surface area contributed by atoms with Crippen LogP contribution in [0.5, 0.6) is 0 Å². The van der Waals surface area contributed by atoms with Gasteiger partial charge in [-0.2, -0.15) is 0 Å². The molecule has 1 aromatic rings. The molecule has 2 N–H and O–H groups in total. The molecule has 1 aliphatic rings. The molecule has 1 saturated carbocycles. The van der Waals surface area contributed by atoms with E-state index in [0.717, 1.165) is 18.7 Å². The molecule has 0 spiro atoms. The lowest BCUT2D eigenvalue weighted by atomic mass is 10.3. The average molecular weight is 403 g/mol. The van der Waals surface area contributed by atoms with Crippen LogP contribution in [0.3, 0.4) is 0 Å². The fourth-order valence-corrected chi connectivity index (χ4v) is 1.86. The number of hydrogen-bond donors (Lipinski definition) is 2. The zero-order chi connectivity index (χ0) is 13.1. The third-order valence-electron chi connectivity index (χ3n) is 2.68. The normalized spacial score (nSPS) is 13.8. The second kappa shape index (κ2) is 7.35. The van der Waals surface area contributed by atoms with Crippen molar-refractivity contribution in [3.63, 3.8) is 0 Å². The summed E-state index contributed by atoms with van der Waals surface area (Å²) in [4.78, 5) is 11.5. The quantitative estimate of drug-likeness (QED) is 0.587. The van der Waals surface area contributed by atoms with Crippen molar-refractivity contribution in [1.82, 2.24) is 5.32 Å². The number of benzene rings is 1. The van der Waals surface area contributed by atoms with Gasteiger partial charge in [0.2, 0.25) is 5.91 Å². The Morgan fingerprint density at radius 2 is 1.89 bits per heavy atom. The molecule has 0 saturated heterocycles. The summed E-state index contributed by atoms with van der Waals surface area (Å²) < 4.78 is 26.4. The molecule has 1 amide bonds. The summed E-state index contributed by atoms with van der Waals surface area (Å²) in [7, 11) is 0. The standard InChI is InChI=1S/C12H13F2IN2O.ClH/c13-9-3-8(4-10(14)12(9)15)17-11(18)6-16-5-7-1-2-7;/h3-4,7,16H,1-2,5-6H2,(H,17,18);1H. The Hall–Kier alpha value is -0.470. The van der Waals surface area contributed by atoms with E-state index >= 15 is 0 Å². The predicted octanol–water partition coefficient (Wildman–Crippen LogP) is 2.93. The van der Waals surface area contributed by atoms with E-state index in [-0.39, 0.29) is 34.1 Å². The van der Waals surface area contributed by atoms with Gasteiger partial charge in [0.25, 0.3) is 0 Å². The van der Waals surface area contributed by atoms with Crippen molar-refractivity contribution in [1.29, 1.82) is 0 Å². The smallest absolute Gasteiger partial charge is 0.238 e. The van der Waals surface area contributed by atoms with Gasteiger partial charge >= 0.3 is 0 Å². The molecule has 1 aromatic carbocycles. The van der Waals surface area contributed by atoms with Gasteiger partial charge in [-0.15, -0.1) is 12.4 Å². The lowest BCUT2D eigenvalue weighted by Crippen LogP contribution is -2.29. The minimum absolute atomic E-state index is 0. The lowest BCUT2D eigenvalue weighted by molar-refractivity contribution is -0.115. The van der Waals surface area contributed by atoms with Crippen LogP contribution in [0.1, 0.15) is 12.8 Å². The minimum Gasteiger partial charge on any atom is -0.325 e. The highest BCUT2D eigenvalue weighted by molar-refractivity contribution is 14.1. The number of nitrogens with one attached hydrogen (secondary N) is 2. The zero-order valence-electron chi connectivity index (χ0n) is 10.0. The maximum absolute atomic E-state index is 13.2. The van der Waals surface area contributed by atoms with Crippen molar-refractivity contribution in [3.8, 4) is 0 Å². The molecule has 3 nitrogen and oxygen atoms in total. The van der Waals surface area contributed by atoms with E-state index in [2.05, 4.69) is 10.6 Å². The highest BCUT2D eigenvalue weighted by atomic mass is 127. The predicted molar refractivity (Wildman–Crippen MR) is 80.5 cm³/mol. The summed E-state index contributed by atoms with van der Waals surface area (Å²) in [5.41, 5.74) is 0.142. The van der Waals surface area contributed by atoms with Crippen LogP contribution in [0.4, 0.5) is 14.5 Å². The number of halogens is 4. The Labute approximate surface area is 130 Å². The van der Waals surface area contributed by atoms with E-state index in [1.807, 2.05) is 0 Å². The van der Waals surface area contributed by atoms with Gasteiger partial charge in [-0.25, -0.2) is 8.78 Å². The first-order valence-corrected chi connectivity index (χ1v) is 6.79. The maximum Gasteiger partial charge on any atom is 0.238 e. The largest absolute Gasteiger partial charge is 0.325 e.